The van der Waals surface area contributed by atoms with Gasteiger partial charge in [-0.1, -0.05) is 12.5 Å². The van der Waals surface area contributed by atoms with Crippen molar-refractivity contribution >= 4 is 11.7 Å². The van der Waals surface area contributed by atoms with Gasteiger partial charge in [-0.3, -0.25) is 4.68 Å². The number of aliphatic hydroxyl groups excluding tert-OH is 2. The van der Waals surface area contributed by atoms with E-state index in [4.69, 9.17) is 10.1 Å². The van der Waals surface area contributed by atoms with Crippen molar-refractivity contribution in [3.05, 3.63) is 48.8 Å². The van der Waals surface area contributed by atoms with Gasteiger partial charge in [0.1, 0.15) is 0 Å². The number of aliphatic hydroxyl groups is 2. The number of aromatic nitrogens is 7. The Bertz CT molecular complexity index is 1250. The first-order valence-electron chi connectivity index (χ1n) is 11.0. The number of hydrogen-bond acceptors (Lipinski definition) is 6. The summed E-state index contributed by atoms with van der Waals surface area (Å²) in [5.41, 5.74) is 5.54. The number of fused-ring (bicyclic) bond motifs is 1. The van der Waals surface area contributed by atoms with E-state index in [2.05, 4.69) is 28.4 Å². The molecule has 4 aromatic rings. The van der Waals surface area contributed by atoms with Crippen LogP contribution < -0.4 is 0 Å². The van der Waals surface area contributed by atoms with Gasteiger partial charge in [-0.25, -0.2) is 14.2 Å². The molecule has 9 heteroatoms. The lowest BCUT2D eigenvalue weighted by Gasteiger charge is -2.06. The number of hydrogen-bond donors (Lipinski definition) is 2. The van der Waals surface area contributed by atoms with Crippen molar-refractivity contribution in [2.45, 2.75) is 45.3 Å². The number of allylic oxidation sites excluding steroid dienone is 1. The van der Waals surface area contributed by atoms with E-state index in [1.54, 1.807) is 27.8 Å². The van der Waals surface area contributed by atoms with Crippen molar-refractivity contribution in [2.75, 3.05) is 6.61 Å². The Kier molecular flexibility index (Phi) is 5.59. The van der Waals surface area contributed by atoms with Crippen LogP contribution in [0.3, 0.4) is 0 Å². The Morgan fingerprint density at radius 1 is 1.16 bits per heavy atom. The van der Waals surface area contributed by atoms with Crippen LogP contribution in [0.1, 0.15) is 32.6 Å². The summed E-state index contributed by atoms with van der Waals surface area (Å²) in [7, 11) is 0. The molecule has 0 unspecified atom stereocenters. The summed E-state index contributed by atoms with van der Waals surface area (Å²) < 4.78 is 5.28. The van der Waals surface area contributed by atoms with Crippen molar-refractivity contribution in [1.82, 2.24) is 34.2 Å². The molecule has 0 aliphatic heterocycles. The summed E-state index contributed by atoms with van der Waals surface area (Å²) in [5, 5.41) is 32.0. The van der Waals surface area contributed by atoms with Gasteiger partial charge in [0.05, 0.1) is 60.9 Å². The van der Waals surface area contributed by atoms with Gasteiger partial charge in [-0.2, -0.15) is 15.3 Å². The molecular weight excluding hydrogens is 406 g/mol. The van der Waals surface area contributed by atoms with Crippen LogP contribution in [0.25, 0.3) is 34.2 Å². The van der Waals surface area contributed by atoms with E-state index in [0.29, 0.717) is 5.69 Å². The van der Waals surface area contributed by atoms with Crippen LogP contribution in [0.2, 0.25) is 0 Å². The van der Waals surface area contributed by atoms with Crippen LogP contribution in [0, 0.1) is 5.92 Å². The predicted octanol–water partition coefficient (Wildman–Crippen LogP) is 2.86. The van der Waals surface area contributed by atoms with E-state index in [1.165, 1.54) is 18.4 Å². The molecule has 0 saturated heterocycles. The summed E-state index contributed by atoms with van der Waals surface area (Å²) in [6.07, 6.45) is 17.1. The van der Waals surface area contributed by atoms with Gasteiger partial charge in [0, 0.05) is 29.7 Å². The van der Waals surface area contributed by atoms with E-state index >= 15 is 0 Å². The maximum Gasteiger partial charge on any atom is 0.0999 e. The first-order valence-corrected chi connectivity index (χ1v) is 11.0. The van der Waals surface area contributed by atoms with Crippen LogP contribution in [-0.2, 0) is 6.54 Å². The van der Waals surface area contributed by atoms with Gasteiger partial charge in [-0.05, 0) is 37.7 Å². The molecule has 1 atom stereocenters. The fourth-order valence-electron chi connectivity index (χ4n) is 3.85. The molecule has 5 rings (SSSR count). The number of rotatable bonds is 9. The predicted molar refractivity (Wildman–Crippen MR) is 120 cm³/mol. The lowest BCUT2D eigenvalue weighted by molar-refractivity contribution is 0.0783. The van der Waals surface area contributed by atoms with Crippen molar-refractivity contribution < 1.29 is 10.2 Å². The van der Waals surface area contributed by atoms with Crippen LogP contribution in [0.15, 0.2) is 48.8 Å². The molecule has 0 bridgehead atoms. The molecular formula is C23H27N7O2. The fourth-order valence-corrected chi connectivity index (χ4v) is 3.85. The molecule has 4 heterocycles. The zero-order valence-corrected chi connectivity index (χ0v) is 18.0. The second-order valence-corrected chi connectivity index (χ2v) is 8.42. The van der Waals surface area contributed by atoms with E-state index in [9.17, 15) is 5.11 Å². The van der Waals surface area contributed by atoms with E-state index < -0.39 is 6.10 Å². The molecule has 0 aromatic carbocycles. The average molecular weight is 434 g/mol. The lowest BCUT2D eigenvalue weighted by Crippen LogP contribution is -2.19. The van der Waals surface area contributed by atoms with Crippen molar-refractivity contribution in [3.8, 4) is 22.5 Å². The van der Waals surface area contributed by atoms with Crippen LogP contribution in [-0.4, -0.2) is 57.1 Å². The molecule has 4 aromatic heterocycles. The molecule has 0 amide bonds. The Morgan fingerprint density at radius 3 is 2.78 bits per heavy atom. The second-order valence-electron chi connectivity index (χ2n) is 8.42. The zero-order chi connectivity index (χ0) is 22.1. The van der Waals surface area contributed by atoms with Gasteiger partial charge in [-0.15, -0.1) is 0 Å². The summed E-state index contributed by atoms with van der Waals surface area (Å²) >= 11 is 0. The summed E-state index contributed by atoms with van der Waals surface area (Å²) in [6.45, 7) is 2.10. The van der Waals surface area contributed by atoms with Gasteiger partial charge in [0.25, 0.3) is 0 Å². The third-order valence-corrected chi connectivity index (χ3v) is 5.82. The minimum Gasteiger partial charge on any atom is -0.394 e. The highest BCUT2D eigenvalue weighted by molar-refractivity contribution is 5.78. The van der Waals surface area contributed by atoms with Crippen molar-refractivity contribution in [3.63, 3.8) is 0 Å². The average Bonchev–Trinajstić information content (AvgIpc) is 3.19. The third-order valence-electron chi connectivity index (χ3n) is 5.82. The van der Waals surface area contributed by atoms with Gasteiger partial charge in [0.15, 0.2) is 0 Å². The molecule has 0 radical (unpaired) electrons. The molecule has 1 fully saturated rings. The van der Waals surface area contributed by atoms with Crippen LogP contribution >= 0.6 is 0 Å². The fraction of sp³-hybridized carbons (Fsp3) is 0.391. The molecule has 2 N–H and O–H groups in total. The first-order chi connectivity index (χ1) is 15.6. The van der Waals surface area contributed by atoms with Gasteiger partial charge < -0.3 is 10.2 Å². The Hall–Kier alpha value is -3.30. The minimum absolute atomic E-state index is 0.215. The molecule has 0 spiro atoms. The Balaban J connectivity index is 1.48. The van der Waals surface area contributed by atoms with Crippen molar-refractivity contribution in [2.24, 2.45) is 5.92 Å². The summed E-state index contributed by atoms with van der Waals surface area (Å²) in [6, 6.07) is 1.94. The highest BCUT2D eigenvalue weighted by Crippen LogP contribution is 2.36. The highest BCUT2D eigenvalue weighted by atomic mass is 16.3. The molecule has 9 nitrogen and oxygen atoms in total. The minimum atomic E-state index is -0.855. The van der Waals surface area contributed by atoms with Gasteiger partial charge >= 0.3 is 0 Å². The molecule has 1 saturated carbocycles. The Labute approximate surface area is 185 Å². The summed E-state index contributed by atoms with van der Waals surface area (Å²) in [4.78, 5) is 4.90. The standard InChI is InChI=1S/C23H27N7O2/c1-2-16(7-17-3-4-17)10-28-12-19(9-26-28)23-22-5-6-24-30(22)14-21(27-23)18-8-25-29(11-18)13-20(32)15-31/h5-6,8-12,14,17,20,31-32H,2-4,7,13,15H2,1H3/b16-10-/t20-/m1/s1. The van der Waals surface area contributed by atoms with Crippen LogP contribution in [0.5, 0.6) is 0 Å². The normalized spacial score (nSPS) is 15.5. The smallest absolute Gasteiger partial charge is 0.0999 e. The second kappa shape index (κ2) is 8.68. The highest BCUT2D eigenvalue weighted by Gasteiger charge is 2.22. The monoisotopic (exact) mass is 433 g/mol. The number of nitrogens with zero attached hydrogens (tertiary/aromatic N) is 7. The SMILES string of the molecule is CC/C(=C/n1cc(-c2nc(-c3cnn(C[C@@H](O)CO)c3)cn3nccc23)cn1)CC1CC1. The largest absolute Gasteiger partial charge is 0.394 e. The Morgan fingerprint density at radius 2 is 2.00 bits per heavy atom. The maximum atomic E-state index is 9.68. The van der Waals surface area contributed by atoms with E-state index in [1.807, 2.05) is 29.3 Å². The molecule has 32 heavy (non-hydrogen) atoms. The topological polar surface area (TPSA) is 106 Å². The summed E-state index contributed by atoms with van der Waals surface area (Å²) in [5.74, 6) is 0.848. The third kappa shape index (κ3) is 4.35. The maximum absolute atomic E-state index is 9.68. The molecule has 1 aliphatic carbocycles. The van der Waals surface area contributed by atoms with E-state index in [0.717, 1.165) is 41.1 Å². The molecule has 1 aliphatic rings. The van der Waals surface area contributed by atoms with Gasteiger partial charge in [0.2, 0.25) is 0 Å². The first kappa shape index (κ1) is 20.6. The van der Waals surface area contributed by atoms with Crippen LogP contribution in [0.4, 0.5) is 0 Å². The quantitative estimate of drug-likeness (QED) is 0.420. The lowest BCUT2D eigenvalue weighted by atomic mass is 10.1. The molecule has 166 valence electrons. The van der Waals surface area contributed by atoms with E-state index in [-0.39, 0.29) is 13.2 Å². The zero-order valence-electron chi connectivity index (χ0n) is 18.0. The van der Waals surface area contributed by atoms with Crippen molar-refractivity contribution in [1.29, 1.82) is 0 Å².